The number of para-hydroxylation sites is 2. The van der Waals surface area contributed by atoms with Gasteiger partial charge in [0.15, 0.2) is 0 Å². The second-order valence-corrected chi connectivity index (χ2v) is 23.1. The molecule has 0 saturated carbocycles. The quantitative estimate of drug-likeness (QED) is 0.157. The Kier molecular flexibility index (Phi) is 8.80. The third-order valence-corrected chi connectivity index (χ3v) is 19.6. The van der Waals surface area contributed by atoms with Crippen molar-refractivity contribution in [2.24, 2.45) is 0 Å². The molecule has 0 radical (unpaired) electrons. The molecule has 0 amide bonds. The summed E-state index contributed by atoms with van der Waals surface area (Å²) in [6, 6.07) is 99.5. The Hall–Kier alpha value is -10.3. The minimum atomic E-state index is -0.609. The van der Waals surface area contributed by atoms with Crippen molar-refractivity contribution in [3.8, 4) is 44.5 Å². The summed E-state index contributed by atoms with van der Waals surface area (Å²) in [5.74, 6) is 0. The highest BCUT2D eigenvalue weighted by atomic mass is 14.9. The first-order chi connectivity index (χ1) is 40.8. The predicted octanol–water partition coefficient (Wildman–Crippen LogP) is 20.3. The first kappa shape index (κ1) is 44.6. The highest BCUT2D eigenvalue weighted by Crippen LogP contribution is 2.65. The van der Waals surface area contributed by atoms with Crippen molar-refractivity contribution < 1.29 is 0 Å². The molecule has 12 aromatic carbocycles. The first-order valence-corrected chi connectivity index (χ1v) is 29.1. The maximum absolute atomic E-state index is 2.71. The standard InChI is InChI=1S/C80H50N2/c1-7-27-49(28-8-1)67-73-59-47-63-69(55-39-19-23-43-61(55)79(63,51-31-11-3-12-32-51)52-33-13-4-14-34-52)71-58-42-22-26-46-66(58)82(75(59)71)78(73)68(50-29-9-2-10-30-50)74-60-48-64-70(72-57-41-21-25-45-65(57)81(76(60)72)77(67)74)56-40-20-24-44-62(56)80(64,53-35-15-5-16-36-53)54-37-17-6-18-38-54/h1-17,19-37,39-48H,18,38H2. The van der Waals surface area contributed by atoms with E-state index in [2.05, 4.69) is 288 Å². The average molecular weight is 1040 g/mol. The van der Waals surface area contributed by atoms with Gasteiger partial charge in [-0.3, -0.25) is 0 Å². The van der Waals surface area contributed by atoms with Crippen molar-refractivity contribution in [2.75, 3.05) is 0 Å². The van der Waals surface area contributed by atoms with Crippen molar-refractivity contribution in [2.45, 2.75) is 23.7 Å². The molecule has 3 aliphatic rings. The summed E-state index contributed by atoms with van der Waals surface area (Å²) < 4.78 is 5.42. The van der Waals surface area contributed by atoms with Crippen molar-refractivity contribution in [3.63, 3.8) is 0 Å². The van der Waals surface area contributed by atoms with Gasteiger partial charge in [0, 0.05) is 54.2 Å². The van der Waals surface area contributed by atoms with E-state index in [9.17, 15) is 0 Å². The molecule has 2 nitrogen and oxygen atoms in total. The van der Waals surface area contributed by atoms with Gasteiger partial charge in [-0.15, -0.1) is 0 Å². The van der Waals surface area contributed by atoms with E-state index in [-0.39, 0.29) is 0 Å². The maximum atomic E-state index is 2.71. The van der Waals surface area contributed by atoms with Crippen LogP contribution in [0, 0.1) is 0 Å². The molecule has 0 bridgehead atoms. The Labute approximate surface area is 474 Å². The molecule has 4 heterocycles. The largest absolute Gasteiger partial charge is 0.307 e. The zero-order valence-electron chi connectivity index (χ0n) is 44.9. The molecule has 0 fully saturated rings. The third kappa shape index (κ3) is 5.28. The lowest BCUT2D eigenvalue weighted by atomic mass is 9.65. The van der Waals surface area contributed by atoms with E-state index >= 15 is 0 Å². The monoisotopic (exact) mass is 1040 g/mol. The number of hydrogen-bond donors (Lipinski definition) is 0. The van der Waals surface area contributed by atoms with E-state index in [0.29, 0.717) is 0 Å². The zero-order chi connectivity index (χ0) is 53.4. The van der Waals surface area contributed by atoms with Crippen LogP contribution in [0.4, 0.5) is 0 Å². The van der Waals surface area contributed by atoms with Crippen LogP contribution >= 0.6 is 0 Å². The van der Waals surface area contributed by atoms with Crippen LogP contribution in [0.1, 0.15) is 51.8 Å². The molecule has 16 aromatic rings. The second-order valence-electron chi connectivity index (χ2n) is 23.1. The molecule has 0 aliphatic heterocycles. The van der Waals surface area contributed by atoms with Gasteiger partial charge >= 0.3 is 0 Å². The van der Waals surface area contributed by atoms with Crippen LogP contribution in [0.5, 0.6) is 0 Å². The van der Waals surface area contributed by atoms with Gasteiger partial charge in [-0.25, -0.2) is 0 Å². The van der Waals surface area contributed by atoms with Gasteiger partial charge in [0.2, 0.25) is 0 Å². The lowest BCUT2D eigenvalue weighted by Crippen LogP contribution is -2.30. The molecule has 2 heteroatoms. The molecule has 380 valence electrons. The van der Waals surface area contributed by atoms with E-state index in [1.807, 2.05) is 0 Å². The molecule has 19 rings (SSSR count). The van der Waals surface area contributed by atoms with E-state index in [1.54, 1.807) is 0 Å². The van der Waals surface area contributed by atoms with Crippen LogP contribution in [0.15, 0.2) is 285 Å². The van der Waals surface area contributed by atoms with Gasteiger partial charge in [0.1, 0.15) is 0 Å². The van der Waals surface area contributed by atoms with Gasteiger partial charge < -0.3 is 8.80 Å². The molecule has 82 heavy (non-hydrogen) atoms. The van der Waals surface area contributed by atoms with E-state index in [4.69, 9.17) is 0 Å². The predicted molar refractivity (Wildman–Crippen MR) is 342 cm³/mol. The van der Waals surface area contributed by atoms with Crippen molar-refractivity contribution >= 4 is 76.2 Å². The minimum absolute atomic E-state index is 0.527. The fourth-order valence-corrected chi connectivity index (χ4v) is 16.8. The lowest BCUT2D eigenvalue weighted by Gasteiger charge is -2.36. The second kappa shape index (κ2) is 16.2. The van der Waals surface area contributed by atoms with Crippen LogP contribution in [0.25, 0.3) is 121 Å². The Bertz CT molecular complexity index is 5370. The molecule has 0 spiro atoms. The fraction of sp³-hybridized carbons (Fsp3) is 0.0500. The summed E-state index contributed by atoms with van der Waals surface area (Å²) in [6.45, 7) is 0. The van der Waals surface area contributed by atoms with Crippen molar-refractivity contribution in [1.82, 2.24) is 8.80 Å². The summed E-state index contributed by atoms with van der Waals surface area (Å²) in [7, 11) is 0. The highest BCUT2D eigenvalue weighted by Gasteiger charge is 2.50. The van der Waals surface area contributed by atoms with Crippen LogP contribution in [0.3, 0.4) is 0 Å². The van der Waals surface area contributed by atoms with Gasteiger partial charge in [0.05, 0.1) is 43.9 Å². The first-order valence-electron chi connectivity index (χ1n) is 29.1. The zero-order valence-corrected chi connectivity index (χ0v) is 44.9. The number of hydrogen-bond acceptors (Lipinski definition) is 0. The van der Waals surface area contributed by atoms with E-state index < -0.39 is 10.8 Å². The summed E-state index contributed by atoms with van der Waals surface area (Å²) in [5.41, 5.74) is 27.2. The number of aromatic nitrogens is 2. The number of benzene rings is 12. The average Bonchev–Trinajstić information content (AvgIpc) is 4.20. The summed E-state index contributed by atoms with van der Waals surface area (Å²) in [5, 5.41) is 10.3. The third-order valence-electron chi connectivity index (χ3n) is 19.6. The Balaban J connectivity index is 1.11. The number of rotatable bonds is 6. The molecule has 0 N–H and O–H groups in total. The Morgan fingerprint density at radius 3 is 1.15 bits per heavy atom. The Morgan fingerprint density at radius 1 is 0.305 bits per heavy atom. The molecular formula is C80H50N2. The van der Waals surface area contributed by atoms with Crippen LogP contribution < -0.4 is 0 Å². The van der Waals surface area contributed by atoms with Gasteiger partial charge in [-0.05, 0) is 109 Å². The van der Waals surface area contributed by atoms with Crippen LogP contribution in [-0.2, 0) is 10.8 Å². The maximum Gasteiger partial charge on any atom is 0.0714 e. The summed E-state index contributed by atoms with van der Waals surface area (Å²) in [4.78, 5) is 0. The number of allylic oxidation sites excluding steroid dienone is 4. The normalized spacial score (nSPS) is 16.1. The SMILES string of the molecule is C1=CCCC(C2(c3ccccc3)c3ccccc3-c3c2cc2c4c(-c5ccccc5)c5c(c(-c6ccccc6)c4n4c6ccccc6c3c24)c2cc3c(c4c6ccccc6n5c24)-c2ccccc2C3(c2ccccc2)c2ccccc2)=C1. The summed E-state index contributed by atoms with van der Waals surface area (Å²) in [6.07, 6.45) is 9.07. The van der Waals surface area contributed by atoms with Crippen LogP contribution in [0.2, 0.25) is 0 Å². The number of nitrogens with zero attached hydrogens (tertiary/aromatic N) is 2. The van der Waals surface area contributed by atoms with Crippen molar-refractivity contribution in [1.29, 1.82) is 0 Å². The molecular weight excluding hydrogens is 989 g/mol. The minimum Gasteiger partial charge on any atom is -0.307 e. The van der Waals surface area contributed by atoms with Gasteiger partial charge in [0.25, 0.3) is 0 Å². The van der Waals surface area contributed by atoms with E-state index in [1.165, 1.54) is 165 Å². The smallest absolute Gasteiger partial charge is 0.0714 e. The lowest BCUT2D eigenvalue weighted by molar-refractivity contribution is 0.694. The number of fused-ring (bicyclic) bond motifs is 20. The molecule has 4 aromatic heterocycles. The van der Waals surface area contributed by atoms with Gasteiger partial charge in [-0.1, -0.05) is 260 Å². The molecule has 1 unspecified atom stereocenters. The van der Waals surface area contributed by atoms with Crippen LogP contribution in [-0.4, -0.2) is 8.80 Å². The highest BCUT2D eigenvalue weighted by molar-refractivity contribution is 6.40. The molecule has 3 aliphatic carbocycles. The van der Waals surface area contributed by atoms with Crippen molar-refractivity contribution in [3.05, 3.63) is 324 Å². The topological polar surface area (TPSA) is 8.82 Å². The molecule has 1 atom stereocenters. The Morgan fingerprint density at radius 2 is 0.683 bits per heavy atom. The van der Waals surface area contributed by atoms with Gasteiger partial charge in [-0.2, -0.15) is 0 Å². The summed E-state index contributed by atoms with van der Waals surface area (Å²) >= 11 is 0. The fourth-order valence-electron chi connectivity index (χ4n) is 16.8. The van der Waals surface area contributed by atoms with E-state index in [0.717, 1.165) is 12.8 Å². The molecule has 0 saturated heterocycles.